The van der Waals surface area contributed by atoms with Gasteiger partial charge in [0.25, 0.3) is 0 Å². The number of hydrogen-bond acceptors (Lipinski definition) is 2. The lowest BCUT2D eigenvalue weighted by Crippen LogP contribution is -1.92. The van der Waals surface area contributed by atoms with Crippen LogP contribution in [0, 0.1) is 19.8 Å². The third kappa shape index (κ3) is 2.02. The molecule has 0 fully saturated rings. The van der Waals surface area contributed by atoms with Crippen molar-refractivity contribution in [3.05, 3.63) is 19.8 Å². The van der Waals surface area contributed by atoms with Gasteiger partial charge in [-0.25, -0.2) is 0 Å². The number of fused-ring (bicyclic) bond motifs is 1. The highest BCUT2D eigenvalue weighted by molar-refractivity contribution is 9.11. The van der Waals surface area contributed by atoms with Crippen molar-refractivity contribution in [3.63, 3.8) is 0 Å². The first-order valence-electron chi connectivity index (χ1n) is 5.17. The smallest absolute Gasteiger partial charge is 0.0885 e. The predicted octanol–water partition coefficient (Wildman–Crippen LogP) is 5.54. The molecule has 0 saturated carbocycles. The minimum absolute atomic E-state index is 0.750. The molecule has 0 aliphatic heterocycles. The minimum Gasteiger partial charge on any atom is -0.129 e. The standard InChI is InChI=1S/C12H15BrS2/c1-6(2)5-9-7(3)10-8(4)11(13)15-12(10)14-9/h6H,5H2,1-4H3. The van der Waals surface area contributed by atoms with Crippen molar-refractivity contribution in [1.82, 2.24) is 0 Å². The molecule has 0 unspecified atom stereocenters. The van der Waals surface area contributed by atoms with Gasteiger partial charge in [-0.3, -0.25) is 0 Å². The molecule has 0 bridgehead atoms. The first kappa shape index (κ1) is 11.6. The molecule has 3 heteroatoms. The molecule has 2 aromatic rings. The molecule has 2 aromatic heterocycles. The van der Waals surface area contributed by atoms with Crippen molar-refractivity contribution >= 4 is 48.0 Å². The average Bonchev–Trinajstić information content (AvgIpc) is 2.55. The molecule has 0 N–H and O–H groups in total. The summed E-state index contributed by atoms with van der Waals surface area (Å²) in [5.74, 6) is 0.750. The molecule has 0 spiro atoms. The molecule has 0 aromatic carbocycles. The first-order chi connectivity index (χ1) is 7.00. The van der Waals surface area contributed by atoms with Gasteiger partial charge < -0.3 is 0 Å². The Morgan fingerprint density at radius 3 is 2.33 bits per heavy atom. The molecule has 0 amide bonds. The van der Waals surface area contributed by atoms with Gasteiger partial charge in [0.1, 0.15) is 0 Å². The third-order valence-corrected chi connectivity index (χ3v) is 6.22. The zero-order valence-electron chi connectivity index (χ0n) is 9.48. The Hall–Kier alpha value is 0.140. The summed E-state index contributed by atoms with van der Waals surface area (Å²) in [6.45, 7) is 9.05. The van der Waals surface area contributed by atoms with Gasteiger partial charge in [0.2, 0.25) is 0 Å². The SMILES string of the molecule is Cc1c(Br)sc2sc(CC(C)C)c(C)c12. The lowest BCUT2D eigenvalue weighted by molar-refractivity contribution is 0.652. The molecular weight excluding hydrogens is 288 g/mol. The zero-order chi connectivity index (χ0) is 11.2. The van der Waals surface area contributed by atoms with Crippen molar-refractivity contribution in [2.45, 2.75) is 34.1 Å². The van der Waals surface area contributed by atoms with Gasteiger partial charge in [-0.15, -0.1) is 22.7 Å². The number of halogens is 1. The number of thiophene rings is 2. The van der Waals surface area contributed by atoms with Crippen molar-refractivity contribution in [2.75, 3.05) is 0 Å². The van der Waals surface area contributed by atoms with Crippen molar-refractivity contribution < 1.29 is 0 Å². The Morgan fingerprint density at radius 2 is 1.80 bits per heavy atom. The maximum absolute atomic E-state index is 3.62. The summed E-state index contributed by atoms with van der Waals surface area (Å²) < 4.78 is 2.77. The van der Waals surface area contributed by atoms with Gasteiger partial charge in [-0.05, 0) is 53.2 Å². The van der Waals surface area contributed by atoms with E-state index in [9.17, 15) is 0 Å². The van der Waals surface area contributed by atoms with E-state index in [0.29, 0.717) is 0 Å². The quantitative estimate of drug-likeness (QED) is 0.683. The Bertz CT molecular complexity index is 491. The fourth-order valence-electron chi connectivity index (χ4n) is 1.86. The van der Waals surface area contributed by atoms with Crippen LogP contribution in [0.3, 0.4) is 0 Å². The summed E-state index contributed by atoms with van der Waals surface area (Å²) in [6, 6.07) is 0. The van der Waals surface area contributed by atoms with E-state index in [1.165, 1.54) is 30.7 Å². The van der Waals surface area contributed by atoms with Crippen LogP contribution in [0.15, 0.2) is 3.79 Å². The Morgan fingerprint density at radius 1 is 1.13 bits per heavy atom. The van der Waals surface area contributed by atoms with Crippen molar-refractivity contribution in [1.29, 1.82) is 0 Å². The van der Waals surface area contributed by atoms with E-state index in [0.717, 1.165) is 5.92 Å². The van der Waals surface area contributed by atoms with E-state index >= 15 is 0 Å². The molecular formula is C12H15BrS2. The number of aryl methyl sites for hydroxylation is 2. The molecule has 0 atom stereocenters. The van der Waals surface area contributed by atoms with E-state index < -0.39 is 0 Å². The predicted molar refractivity (Wildman–Crippen MR) is 75.4 cm³/mol. The van der Waals surface area contributed by atoms with Gasteiger partial charge in [0.15, 0.2) is 0 Å². The van der Waals surface area contributed by atoms with Crippen molar-refractivity contribution in [3.8, 4) is 0 Å². The molecule has 0 aliphatic carbocycles. The fraction of sp³-hybridized carbons (Fsp3) is 0.500. The summed E-state index contributed by atoms with van der Waals surface area (Å²) in [7, 11) is 0. The summed E-state index contributed by atoms with van der Waals surface area (Å²) >= 11 is 7.47. The lowest BCUT2D eigenvalue weighted by atomic mass is 10.1. The molecule has 2 rings (SSSR count). The van der Waals surface area contributed by atoms with E-state index in [1.54, 1.807) is 4.88 Å². The Balaban J connectivity index is 2.57. The summed E-state index contributed by atoms with van der Waals surface area (Å²) in [5, 5.41) is 1.49. The van der Waals surface area contributed by atoms with Crippen LogP contribution in [-0.2, 0) is 6.42 Å². The third-order valence-electron chi connectivity index (χ3n) is 2.66. The molecule has 0 saturated heterocycles. The second-order valence-corrected chi connectivity index (χ2v) is 8.11. The van der Waals surface area contributed by atoms with Gasteiger partial charge in [-0.1, -0.05) is 13.8 Å². The molecule has 0 radical (unpaired) electrons. The zero-order valence-corrected chi connectivity index (χ0v) is 12.7. The number of rotatable bonds is 2. The highest BCUT2D eigenvalue weighted by Crippen LogP contribution is 2.43. The highest BCUT2D eigenvalue weighted by Gasteiger charge is 2.15. The van der Waals surface area contributed by atoms with Gasteiger partial charge in [-0.2, -0.15) is 0 Å². The Kier molecular flexibility index (Phi) is 3.25. The Labute approximate surface area is 107 Å². The highest BCUT2D eigenvalue weighted by atomic mass is 79.9. The van der Waals surface area contributed by atoms with Crippen LogP contribution in [0.5, 0.6) is 0 Å². The van der Waals surface area contributed by atoms with Crippen LogP contribution < -0.4 is 0 Å². The van der Waals surface area contributed by atoms with Crippen LogP contribution in [0.25, 0.3) is 9.40 Å². The molecule has 0 aliphatic rings. The monoisotopic (exact) mass is 302 g/mol. The van der Waals surface area contributed by atoms with Crippen LogP contribution >= 0.6 is 38.6 Å². The summed E-state index contributed by atoms with van der Waals surface area (Å²) in [6.07, 6.45) is 1.22. The molecule has 2 heterocycles. The largest absolute Gasteiger partial charge is 0.129 e. The molecule has 15 heavy (non-hydrogen) atoms. The average molecular weight is 303 g/mol. The van der Waals surface area contributed by atoms with E-state index in [2.05, 4.69) is 43.6 Å². The van der Waals surface area contributed by atoms with Crippen LogP contribution in [0.2, 0.25) is 0 Å². The fourth-order valence-corrected chi connectivity index (χ4v) is 5.71. The van der Waals surface area contributed by atoms with E-state index in [-0.39, 0.29) is 0 Å². The van der Waals surface area contributed by atoms with E-state index in [1.807, 2.05) is 22.7 Å². The lowest BCUT2D eigenvalue weighted by Gasteiger charge is -2.03. The minimum atomic E-state index is 0.750. The molecule has 82 valence electrons. The number of hydrogen-bond donors (Lipinski definition) is 0. The van der Waals surface area contributed by atoms with Crippen LogP contribution in [0.4, 0.5) is 0 Å². The second-order valence-electron chi connectivity index (χ2n) is 4.41. The van der Waals surface area contributed by atoms with Crippen LogP contribution in [-0.4, -0.2) is 0 Å². The normalized spacial score (nSPS) is 11.9. The van der Waals surface area contributed by atoms with E-state index in [4.69, 9.17) is 0 Å². The first-order valence-corrected chi connectivity index (χ1v) is 7.60. The second kappa shape index (κ2) is 4.19. The van der Waals surface area contributed by atoms with Crippen molar-refractivity contribution in [2.24, 2.45) is 5.92 Å². The van der Waals surface area contributed by atoms with Crippen LogP contribution in [0.1, 0.15) is 29.9 Å². The molecule has 0 nitrogen and oxygen atoms in total. The maximum Gasteiger partial charge on any atom is 0.0885 e. The van der Waals surface area contributed by atoms with Gasteiger partial charge in [0.05, 0.1) is 7.80 Å². The summed E-state index contributed by atoms with van der Waals surface area (Å²) in [4.78, 5) is 1.57. The van der Waals surface area contributed by atoms with Gasteiger partial charge in [0, 0.05) is 10.3 Å². The maximum atomic E-state index is 3.62. The van der Waals surface area contributed by atoms with Gasteiger partial charge >= 0.3 is 0 Å². The topological polar surface area (TPSA) is 0 Å². The summed E-state index contributed by atoms with van der Waals surface area (Å²) in [5.41, 5.74) is 2.92.